The fraction of sp³-hybridized carbons (Fsp3) is 0.280. The first-order chi connectivity index (χ1) is 17.5. The number of methoxy groups -OCH3 is 1. The van der Waals surface area contributed by atoms with Crippen molar-refractivity contribution in [3.05, 3.63) is 76.5 Å². The molecule has 36 heavy (non-hydrogen) atoms. The average Bonchev–Trinajstić information content (AvgIpc) is 3.42. The summed E-state index contributed by atoms with van der Waals surface area (Å²) in [4.78, 5) is 22.0. The summed E-state index contributed by atoms with van der Waals surface area (Å²) < 4.78 is 25.5. The van der Waals surface area contributed by atoms with Crippen molar-refractivity contribution in [1.29, 1.82) is 0 Å². The van der Waals surface area contributed by atoms with E-state index in [-0.39, 0.29) is 17.0 Å². The van der Waals surface area contributed by atoms with Crippen LogP contribution in [0.25, 0.3) is 10.9 Å². The van der Waals surface area contributed by atoms with Gasteiger partial charge in [-0.3, -0.25) is 9.89 Å². The molecule has 0 unspecified atom stereocenters. The Bertz CT molecular complexity index is 1380. The predicted octanol–water partition coefficient (Wildman–Crippen LogP) is 4.26. The summed E-state index contributed by atoms with van der Waals surface area (Å²) in [6.45, 7) is 1.34. The van der Waals surface area contributed by atoms with Crippen molar-refractivity contribution in [3.8, 4) is 5.75 Å². The van der Waals surface area contributed by atoms with Crippen LogP contribution < -0.4 is 15.4 Å². The maximum Gasteiger partial charge on any atom is 0.252 e. The van der Waals surface area contributed by atoms with Gasteiger partial charge in [-0.2, -0.15) is 5.10 Å². The monoisotopic (exact) mass is 510 g/mol. The second kappa shape index (κ2) is 10.5. The van der Waals surface area contributed by atoms with E-state index in [9.17, 15) is 9.18 Å². The normalized spacial score (nSPS) is 15.0. The van der Waals surface area contributed by atoms with Crippen LogP contribution in [-0.4, -0.2) is 52.4 Å². The van der Waals surface area contributed by atoms with Gasteiger partial charge < -0.3 is 20.1 Å². The fourth-order valence-corrected chi connectivity index (χ4v) is 4.44. The zero-order chi connectivity index (χ0) is 25.1. The molecule has 3 N–H and O–H groups in total. The second-order valence-electron chi connectivity index (χ2n) is 8.45. The molecule has 2 aromatic carbocycles. The lowest BCUT2D eigenvalue weighted by molar-refractivity contribution is 0.0903. The number of carbonyl (C=O) groups excluding carboxylic acids is 1. The van der Waals surface area contributed by atoms with E-state index in [2.05, 4.69) is 30.8 Å². The smallest absolute Gasteiger partial charge is 0.252 e. The van der Waals surface area contributed by atoms with Gasteiger partial charge in [0.15, 0.2) is 0 Å². The number of carbonyl (C=O) groups is 1. The molecule has 11 heteroatoms. The molecule has 0 spiro atoms. The first-order valence-corrected chi connectivity index (χ1v) is 11.8. The van der Waals surface area contributed by atoms with Crippen LogP contribution in [-0.2, 0) is 4.74 Å². The van der Waals surface area contributed by atoms with E-state index in [1.54, 1.807) is 36.7 Å². The zero-order valence-corrected chi connectivity index (χ0v) is 20.2. The van der Waals surface area contributed by atoms with Gasteiger partial charge in [-0.1, -0.05) is 17.7 Å². The number of H-pyrrole nitrogens is 1. The summed E-state index contributed by atoms with van der Waals surface area (Å²) in [6, 6.07) is 7.55. The van der Waals surface area contributed by atoms with Gasteiger partial charge in [0.25, 0.3) is 5.91 Å². The molecule has 2 aromatic heterocycles. The molecular formula is C25H24ClFN6O3. The molecule has 9 nitrogen and oxygen atoms in total. The number of halogens is 2. The number of benzene rings is 2. The number of aromatic amines is 1. The molecule has 1 aliphatic heterocycles. The second-order valence-corrected chi connectivity index (χ2v) is 8.85. The van der Waals surface area contributed by atoms with E-state index in [1.165, 1.54) is 19.4 Å². The van der Waals surface area contributed by atoms with Gasteiger partial charge in [0.1, 0.15) is 11.6 Å². The lowest BCUT2D eigenvalue weighted by atomic mass is 10.0. The molecule has 1 aliphatic rings. The quantitative estimate of drug-likeness (QED) is 0.340. The number of hydrogen-bond acceptors (Lipinski definition) is 7. The van der Waals surface area contributed by atoms with Gasteiger partial charge in [0.05, 0.1) is 35.3 Å². The molecule has 0 aliphatic carbocycles. The third kappa shape index (κ3) is 5.09. The van der Waals surface area contributed by atoms with Gasteiger partial charge in [0, 0.05) is 42.8 Å². The van der Waals surface area contributed by atoms with Crippen LogP contribution in [0, 0.1) is 5.82 Å². The van der Waals surface area contributed by atoms with Crippen LogP contribution in [0.3, 0.4) is 0 Å². The number of hydrogen-bond donors (Lipinski definition) is 3. The minimum Gasteiger partial charge on any atom is -0.495 e. The first-order valence-electron chi connectivity index (χ1n) is 11.5. The van der Waals surface area contributed by atoms with E-state index in [4.69, 9.17) is 21.1 Å². The van der Waals surface area contributed by atoms with Crippen molar-refractivity contribution < 1.29 is 18.7 Å². The molecule has 5 rings (SSSR count). The Balaban J connectivity index is 1.43. The van der Waals surface area contributed by atoms with Crippen LogP contribution in [0.15, 0.2) is 48.9 Å². The van der Waals surface area contributed by atoms with Crippen LogP contribution in [0.5, 0.6) is 5.75 Å². The number of aromatic nitrogens is 4. The highest BCUT2D eigenvalue weighted by Gasteiger charge is 2.22. The molecule has 1 atom stereocenters. The van der Waals surface area contributed by atoms with Crippen molar-refractivity contribution in [2.24, 2.45) is 0 Å². The largest absolute Gasteiger partial charge is 0.495 e. The summed E-state index contributed by atoms with van der Waals surface area (Å²) in [5, 5.41) is 13.6. The summed E-state index contributed by atoms with van der Waals surface area (Å²) in [5.74, 6) is -0.163. The average molecular weight is 511 g/mol. The van der Waals surface area contributed by atoms with Gasteiger partial charge in [-0.25, -0.2) is 14.4 Å². The van der Waals surface area contributed by atoms with Crippen LogP contribution >= 0.6 is 11.6 Å². The fourth-order valence-electron chi connectivity index (χ4n) is 4.17. The van der Waals surface area contributed by atoms with E-state index >= 15 is 0 Å². The first kappa shape index (κ1) is 24.0. The Labute approximate surface area is 211 Å². The molecule has 1 fully saturated rings. The molecular weight excluding hydrogens is 487 g/mol. The van der Waals surface area contributed by atoms with E-state index < -0.39 is 17.8 Å². The lowest BCUT2D eigenvalue weighted by Gasteiger charge is -2.23. The standard InChI is InChI=1S/C25H24ClFN6O3/c1-35-22-3-2-14(8-19(22)26)23(16-11-29-30-12-16)33-24(34)15-9-20(27)18-13-28-25(32-21(18)10-15)31-17-4-6-36-7-5-17/h2-3,8-13,17,23H,4-7H2,1H3,(H,29,30)(H,33,34)(H,28,31,32)/t23-/m0/s1. The van der Waals surface area contributed by atoms with E-state index in [0.717, 1.165) is 12.8 Å². The number of fused-ring (bicyclic) bond motifs is 1. The number of amides is 1. The Kier molecular flexibility index (Phi) is 6.97. The topological polar surface area (TPSA) is 114 Å². The summed E-state index contributed by atoms with van der Waals surface area (Å²) in [7, 11) is 1.53. The van der Waals surface area contributed by atoms with Crippen molar-refractivity contribution in [2.45, 2.75) is 24.9 Å². The summed E-state index contributed by atoms with van der Waals surface area (Å²) in [5.41, 5.74) is 1.87. The Hall–Kier alpha value is -3.76. The van der Waals surface area contributed by atoms with Crippen LogP contribution in [0.1, 0.15) is 40.4 Å². The molecule has 0 bridgehead atoms. The highest BCUT2D eigenvalue weighted by molar-refractivity contribution is 6.32. The summed E-state index contributed by atoms with van der Waals surface area (Å²) >= 11 is 6.32. The Morgan fingerprint density at radius 3 is 2.78 bits per heavy atom. The maximum absolute atomic E-state index is 14.9. The Morgan fingerprint density at radius 1 is 1.22 bits per heavy atom. The van der Waals surface area contributed by atoms with Crippen molar-refractivity contribution >= 4 is 34.4 Å². The van der Waals surface area contributed by atoms with Crippen molar-refractivity contribution in [2.75, 3.05) is 25.6 Å². The number of ether oxygens (including phenoxy) is 2. The van der Waals surface area contributed by atoms with Gasteiger partial charge in [0.2, 0.25) is 5.95 Å². The molecule has 186 valence electrons. The van der Waals surface area contributed by atoms with Crippen LogP contribution in [0.4, 0.5) is 10.3 Å². The van der Waals surface area contributed by atoms with E-state index in [0.29, 0.717) is 46.6 Å². The van der Waals surface area contributed by atoms with E-state index in [1.807, 2.05) is 0 Å². The van der Waals surface area contributed by atoms with Gasteiger partial charge >= 0.3 is 0 Å². The van der Waals surface area contributed by atoms with Crippen molar-refractivity contribution in [3.63, 3.8) is 0 Å². The Morgan fingerprint density at radius 2 is 2.06 bits per heavy atom. The predicted molar refractivity (Wildman–Crippen MR) is 133 cm³/mol. The number of nitrogens with one attached hydrogen (secondary N) is 3. The highest BCUT2D eigenvalue weighted by atomic mass is 35.5. The minimum absolute atomic E-state index is 0.129. The molecule has 0 saturated carbocycles. The van der Waals surface area contributed by atoms with Gasteiger partial charge in [-0.15, -0.1) is 0 Å². The highest BCUT2D eigenvalue weighted by Crippen LogP contribution is 2.30. The third-order valence-corrected chi connectivity index (χ3v) is 6.40. The van der Waals surface area contributed by atoms with Crippen molar-refractivity contribution in [1.82, 2.24) is 25.5 Å². The van der Waals surface area contributed by atoms with Gasteiger partial charge in [-0.05, 0) is 42.7 Å². The molecule has 4 aromatic rings. The zero-order valence-electron chi connectivity index (χ0n) is 19.4. The minimum atomic E-state index is -0.588. The van der Waals surface area contributed by atoms with Crippen LogP contribution in [0.2, 0.25) is 5.02 Å². The molecule has 3 heterocycles. The molecule has 0 radical (unpaired) electrons. The maximum atomic E-state index is 14.9. The SMILES string of the molecule is COc1ccc([C@H](NC(=O)c2cc(F)c3cnc(NC4CCOCC4)nc3c2)c2cn[nH]c2)cc1Cl. The third-order valence-electron chi connectivity index (χ3n) is 6.10. The number of rotatable bonds is 7. The number of anilines is 1. The molecule has 1 saturated heterocycles. The lowest BCUT2D eigenvalue weighted by Crippen LogP contribution is -2.29. The molecule has 1 amide bonds. The number of nitrogens with zero attached hydrogens (tertiary/aromatic N) is 3. The summed E-state index contributed by atoms with van der Waals surface area (Å²) in [6.07, 6.45) is 6.37.